The van der Waals surface area contributed by atoms with Crippen molar-refractivity contribution in [3.8, 4) is 0 Å². The molecule has 0 aliphatic heterocycles. The second kappa shape index (κ2) is 2.93. The molecule has 0 atom stereocenters. The van der Waals surface area contributed by atoms with Gasteiger partial charge in [0.2, 0.25) is 0 Å². The van der Waals surface area contributed by atoms with Crippen molar-refractivity contribution in [1.82, 2.24) is 0 Å². The standard InChI is InChI=1S/C9H10S/c1-7-5-3-4-6-9(7)8(2)10/h3-6H,1-2H3. The predicted molar refractivity (Wildman–Crippen MR) is 48.6 cm³/mol. The summed E-state index contributed by atoms with van der Waals surface area (Å²) in [6.45, 7) is 4.03. The Morgan fingerprint density at radius 2 is 1.90 bits per heavy atom. The summed E-state index contributed by atoms with van der Waals surface area (Å²) >= 11 is 5.05. The fourth-order valence-corrected chi connectivity index (χ4v) is 1.20. The number of rotatable bonds is 1. The van der Waals surface area contributed by atoms with Crippen molar-refractivity contribution >= 4 is 17.1 Å². The second-order valence-corrected chi connectivity index (χ2v) is 2.98. The van der Waals surface area contributed by atoms with Crippen LogP contribution in [0, 0.1) is 6.92 Å². The molecule has 0 N–H and O–H groups in total. The molecule has 0 nitrogen and oxygen atoms in total. The second-order valence-electron chi connectivity index (χ2n) is 2.37. The van der Waals surface area contributed by atoms with E-state index in [0.29, 0.717) is 0 Å². The summed E-state index contributed by atoms with van der Waals surface area (Å²) in [7, 11) is 0. The quantitative estimate of drug-likeness (QED) is 0.438. The van der Waals surface area contributed by atoms with E-state index in [9.17, 15) is 0 Å². The number of benzene rings is 1. The summed E-state index contributed by atoms with van der Waals surface area (Å²) in [6.07, 6.45) is 0. The summed E-state index contributed by atoms with van der Waals surface area (Å²) in [5.41, 5.74) is 2.45. The van der Waals surface area contributed by atoms with E-state index in [0.717, 1.165) is 4.86 Å². The van der Waals surface area contributed by atoms with Crippen LogP contribution in [0.4, 0.5) is 0 Å². The van der Waals surface area contributed by atoms with Crippen LogP contribution in [0.25, 0.3) is 0 Å². The van der Waals surface area contributed by atoms with E-state index in [2.05, 4.69) is 19.1 Å². The lowest BCUT2D eigenvalue weighted by atomic mass is 10.1. The Morgan fingerprint density at radius 1 is 1.30 bits per heavy atom. The average Bonchev–Trinajstić information content (AvgIpc) is 1.88. The van der Waals surface area contributed by atoms with E-state index in [1.54, 1.807) is 0 Å². The van der Waals surface area contributed by atoms with Crippen LogP contribution < -0.4 is 0 Å². The third-order valence-corrected chi connectivity index (χ3v) is 1.74. The highest BCUT2D eigenvalue weighted by Crippen LogP contribution is 2.07. The first-order valence-corrected chi connectivity index (χ1v) is 3.69. The fourth-order valence-electron chi connectivity index (χ4n) is 0.968. The van der Waals surface area contributed by atoms with Crippen LogP contribution in [0.3, 0.4) is 0 Å². The van der Waals surface area contributed by atoms with Gasteiger partial charge in [-0.25, -0.2) is 0 Å². The van der Waals surface area contributed by atoms with Crippen molar-refractivity contribution < 1.29 is 0 Å². The minimum absolute atomic E-state index is 0.970. The van der Waals surface area contributed by atoms with Gasteiger partial charge in [-0.05, 0) is 25.0 Å². The lowest BCUT2D eigenvalue weighted by Gasteiger charge is -2.00. The van der Waals surface area contributed by atoms with Gasteiger partial charge < -0.3 is 0 Å². The van der Waals surface area contributed by atoms with Crippen LogP contribution in [-0.4, -0.2) is 4.86 Å². The SMILES string of the molecule is CC(=S)c1ccccc1C. The highest BCUT2D eigenvalue weighted by atomic mass is 32.1. The Bertz CT molecular complexity index is 251. The molecule has 0 amide bonds. The first-order chi connectivity index (χ1) is 4.72. The Kier molecular flexibility index (Phi) is 2.17. The van der Waals surface area contributed by atoms with Crippen molar-refractivity contribution in [2.45, 2.75) is 13.8 Å². The van der Waals surface area contributed by atoms with E-state index in [4.69, 9.17) is 12.2 Å². The summed E-state index contributed by atoms with van der Waals surface area (Å²) in [6, 6.07) is 8.16. The molecule has 10 heavy (non-hydrogen) atoms. The molecule has 52 valence electrons. The minimum atomic E-state index is 0.970. The van der Waals surface area contributed by atoms with Crippen LogP contribution in [-0.2, 0) is 0 Å². The third-order valence-electron chi connectivity index (χ3n) is 1.52. The van der Waals surface area contributed by atoms with Gasteiger partial charge in [-0.1, -0.05) is 36.5 Å². The Labute approximate surface area is 66.9 Å². The van der Waals surface area contributed by atoms with E-state index in [-0.39, 0.29) is 0 Å². The molecule has 0 saturated heterocycles. The maximum Gasteiger partial charge on any atom is 0.0196 e. The van der Waals surface area contributed by atoms with E-state index < -0.39 is 0 Å². The molecule has 0 aliphatic carbocycles. The van der Waals surface area contributed by atoms with Crippen molar-refractivity contribution in [1.29, 1.82) is 0 Å². The van der Waals surface area contributed by atoms with Crippen molar-refractivity contribution in [3.63, 3.8) is 0 Å². The highest BCUT2D eigenvalue weighted by molar-refractivity contribution is 7.80. The molecule has 1 rings (SSSR count). The zero-order chi connectivity index (χ0) is 7.56. The lowest BCUT2D eigenvalue weighted by molar-refractivity contribution is 1.44. The molecule has 0 fully saturated rings. The van der Waals surface area contributed by atoms with Gasteiger partial charge in [0.05, 0.1) is 0 Å². The normalized spacial score (nSPS) is 9.40. The molecule has 1 aromatic carbocycles. The fraction of sp³-hybridized carbons (Fsp3) is 0.222. The topological polar surface area (TPSA) is 0 Å². The summed E-state index contributed by atoms with van der Waals surface area (Å²) < 4.78 is 0. The van der Waals surface area contributed by atoms with Crippen LogP contribution in [0.5, 0.6) is 0 Å². The zero-order valence-electron chi connectivity index (χ0n) is 6.22. The van der Waals surface area contributed by atoms with Crippen molar-refractivity contribution in [2.24, 2.45) is 0 Å². The van der Waals surface area contributed by atoms with E-state index >= 15 is 0 Å². The van der Waals surface area contributed by atoms with Crippen LogP contribution >= 0.6 is 12.2 Å². The first kappa shape index (κ1) is 7.42. The van der Waals surface area contributed by atoms with Gasteiger partial charge in [0, 0.05) is 4.86 Å². The molecule has 1 heteroatoms. The molecule has 0 saturated carbocycles. The van der Waals surface area contributed by atoms with Gasteiger partial charge in [-0.3, -0.25) is 0 Å². The predicted octanol–water partition coefficient (Wildman–Crippen LogP) is 2.73. The molecule has 0 unspecified atom stereocenters. The molecule has 0 heterocycles. The maximum absolute atomic E-state index is 5.05. The van der Waals surface area contributed by atoms with Gasteiger partial charge in [-0.2, -0.15) is 0 Å². The Hall–Kier alpha value is -0.690. The van der Waals surface area contributed by atoms with E-state index in [1.807, 2.05) is 19.1 Å². The average molecular weight is 150 g/mol. The summed E-state index contributed by atoms with van der Waals surface area (Å²) in [4.78, 5) is 0.970. The Morgan fingerprint density at radius 3 is 2.30 bits per heavy atom. The third kappa shape index (κ3) is 1.42. The number of thiocarbonyl (C=S) groups is 1. The largest absolute Gasteiger partial charge is 0.0846 e. The molecule has 0 aliphatic rings. The maximum atomic E-state index is 5.05. The minimum Gasteiger partial charge on any atom is -0.0846 e. The van der Waals surface area contributed by atoms with Crippen LogP contribution in [0.2, 0.25) is 0 Å². The zero-order valence-corrected chi connectivity index (χ0v) is 7.03. The first-order valence-electron chi connectivity index (χ1n) is 3.28. The van der Waals surface area contributed by atoms with Gasteiger partial charge in [0.15, 0.2) is 0 Å². The summed E-state index contributed by atoms with van der Waals surface area (Å²) in [5, 5.41) is 0. The highest BCUT2D eigenvalue weighted by Gasteiger charge is 1.95. The molecule has 0 bridgehead atoms. The molecular formula is C9H10S. The lowest BCUT2D eigenvalue weighted by Crippen LogP contribution is -1.92. The number of hydrogen-bond acceptors (Lipinski definition) is 1. The van der Waals surface area contributed by atoms with Crippen molar-refractivity contribution in [3.05, 3.63) is 35.4 Å². The smallest absolute Gasteiger partial charge is 0.0196 e. The van der Waals surface area contributed by atoms with Gasteiger partial charge >= 0.3 is 0 Å². The van der Waals surface area contributed by atoms with Gasteiger partial charge in [0.25, 0.3) is 0 Å². The summed E-state index contributed by atoms with van der Waals surface area (Å²) in [5.74, 6) is 0. The van der Waals surface area contributed by atoms with Crippen LogP contribution in [0.1, 0.15) is 18.1 Å². The molecule has 0 radical (unpaired) electrons. The van der Waals surface area contributed by atoms with E-state index in [1.165, 1.54) is 11.1 Å². The molecular weight excluding hydrogens is 140 g/mol. The number of hydrogen-bond donors (Lipinski definition) is 0. The van der Waals surface area contributed by atoms with Gasteiger partial charge in [-0.15, -0.1) is 0 Å². The molecule has 0 aromatic heterocycles. The molecule has 1 aromatic rings. The Balaban J connectivity index is 3.15. The monoisotopic (exact) mass is 150 g/mol. The number of aryl methyl sites for hydroxylation is 1. The molecule has 0 spiro atoms. The van der Waals surface area contributed by atoms with Gasteiger partial charge in [0.1, 0.15) is 0 Å². The van der Waals surface area contributed by atoms with Crippen molar-refractivity contribution in [2.75, 3.05) is 0 Å². The van der Waals surface area contributed by atoms with Crippen LogP contribution in [0.15, 0.2) is 24.3 Å².